The molecule has 1 fully saturated rings. The minimum atomic E-state index is -3.97. The van der Waals surface area contributed by atoms with E-state index in [9.17, 15) is 18.0 Å². The fourth-order valence-electron chi connectivity index (χ4n) is 5.65. The Labute approximate surface area is 266 Å². The summed E-state index contributed by atoms with van der Waals surface area (Å²) in [6.07, 6.45) is 6.25. The number of methoxy groups -OCH3 is 3. The highest BCUT2D eigenvalue weighted by Crippen LogP contribution is 2.34. The standard InChI is InChI=1S/C34H43N3O7S/c1-42-28-17-11-14-26(20-28)23-36(31(21-25-12-7-5-8-13-25)34(39)35-27-15-9-6-10-16-27)33(38)24-37(45(4,40)41)30-19-18-29(43-2)22-32(30)44-3/h5,7-8,11-14,17-20,22,27,31H,6,9-10,15-16,21,23-24H2,1-4H3,(H,35,39). The summed E-state index contributed by atoms with van der Waals surface area (Å²) < 4.78 is 43.6. The first-order valence-corrected chi connectivity index (χ1v) is 16.9. The van der Waals surface area contributed by atoms with Crippen molar-refractivity contribution in [3.05, 3.63) is 83.9 Å². The van der Waals surface area contributed by atoms with Crippen LogP contribution in [0.25, 0.3) is 0 Å². The van der Waals surface area contributed by atoms with E-state index in [0.717, 1.165) is 53.8 Å². The molecule has 11 heteroatoms. The average Bonchev–Trinajstić information content (AvgIpc) is 3.05. The first kappa shape index (κ1) is 33.6. The summed E-state index contributed by atoms with van der Waals surface area (Å²) in [6, 6.07) is 20.6. The second kappa shape index (κ2) is 15.7. The van der Waals surface area contributed by atoms with Gasteiger partial charge in [-0.3, -0.25) is 13.9 Å². The van der Waals surface area contributed by atoms with Crippen molar-refractivity contribution in [2.45, 2.75) is 57.2 Å². The number of nitrogens with zero attached hydrogens (tertiary/aromatic N) is 2. The second-order valence-corrected chi connectivity index (χ2v) is 13.1. The summed E-state index contributed by atoms with van der Waals surface area (Å²) in [5.41, 5.74) is 1.79. The zero-order valence-corrected chi connectivity index (χ0v) is 27.2. The molecule has 1 saturated carbocycles. The van der Waals surface area contributed by atoms with E-state index in [2.05, 4.69) is 5.32 Å². The number of amides is 2. The first-order valence-electron chi connectivity index (χ1n) is 15.1. The van der Waals surface area contributed by atoms with Gasteiger partial charge in [-0.25, -0.2) is 8.42 Å². The molecular formula is C34H43N3O7S. The van der Waals surface area contributed by atoms with Gasteiger partial charge in [0.1, 0.15) is 29.8 Å². The maximum absolute atomic E-state index is 14.4. The third-order valence-corrected chi connectivity index (χ3v) is 9.17. The lowest BCUT2D eigenvalue weighted by Gasteiger charge is -2.35. The molecule has 0 spiro atoms. The van der Waals surface area contributed by atoms with Crippen LogP contribution in [0.4, 0.5) is 5.69 Å². The lowest BCUT2D eigenvalue weighted by molar-refractivity contribution is -0.140. The van der Waals surface area contributed by atoms with Crippen LogP contribution in [0.3, 0.4) is 0 Å². The van der Waals surface area contributed by atoms with Gasteiger partial charge in [0.2, 0.25) is 21.8 Å². The van der Waals surface area contributed by atoms with Gasteiger partial charge < -0.3 is 24.4 Å². The lowest BCUT2D eigenvalue weighted by Crippen LogP contribution is -2.55. The van der Waals surface area contributed by atoms with Crippen molar-refractivity contribution in [2.75, 3.05) is 38.4 Å². The molecule has 0 aromatic heterocycles. The van der Waals surface area contributed by atoms with Crippen LogP contribution in [0.15, 0.2) is 72.8 Å². The number of nitrogens with one attached hydrogen (secondary N) is 1. The normalized spacial score (nSPS) is 14.2. The lowest BCUT2D eigenvalue weighted by atomic mass is 9.94. The van der Waals surface area contributed by atoms with Gasteiger partial charge in [-0.15, -0.1) is 0 Å². The minimum Gasteiger partial charge on any atom is -0.497 e. The number of sulfonamides is 1. The van der Waals surface area contributed by atoms with E-state index in [1.54, 1.807) is 31.4 Å². The molecule has 242 valence electrons. The number of hydrogen-bond donors (Lipinski definition) is 1. The monoisotopic (exact) mass is 637 g/mol. The van der Waals surface area contributed by atoms with Gasteiger partial charge in [-0.1, -0.05) is 61.7 Å². The molecule has 0 heterocycles. The minimum absolute atomic E-state index is 0.0226. The molecule has 1 aliphatic rings. The van der Waals surface area contributed by atoms with Crippen molar-refractivity contribution >= 4 is 27.5 Å². The molecule has 4 rings (SSSR count). The van der Waals surface area contributed by atoms with E-state index in [1.807, 2.05) is 42.5 Å². The number of hydrogen-bond acceptors (Lipinski definition) is 7. The summed E-state index contributed by atoms with van der Waals surface area (Å²) >= 11 is 0. The predicted octanol–water partition coefficient (Wildman–Crippen LogP) is 4.57. The molecule has 0 aliphatic heterocycles. The van der Waals surface area contributed by atoms with E-state index in [0.29, 0.717) is 11.5 Å². The third kappa shape index (κ3) is 9.13. The molecule has 3 aromatic carbocycles. The van der Waals surface area contributed by atoms with Crippen LogP contribution in [0.2, 0.25) is 0 Å². The van der Waals surface area contributed by atoms with Crippen molar-refractivity contribution in [3.8, 4) is 17.2 Å². The zero-order valence-electron chi connectivity index (χ0n) is 26.4. The molecule has 0 saturated heterocycles. The maximum atomic E-state index is 14.4. The van der Waals surface area contributed by atoms with E-state index in [1.165, 1.54) is 25.2 Å². The predicted molar refractivity (Wildman–Crippen MR) is 174 cm³/mol. The van der Waals surface area contributed by atoms with Crippen molar-refractivity contribution < 1.29 is 32.2 Å². The highest BCUT2D eigenvalue weighted by atomic mass is 32.2. The summed E-state index contributed by atoms with van der Waals surface area (Å²) in [7, 11) is 0.506. The van der Waals surface area contributed by atoms with Crippen LogP contribution in [0.1, 0.15) is 43.2 Å². The Hall–Kier alpha value is -4.25. The Balaban J connectivity index is 1.76. The number of benzene rings is 3. The van der Waals surface area contributed by atoms with Crippen LogP contribution in [0, 0.1) is 0 Å². The van der Waals surface area contributed by atoms with Crippen molar-refractivity contribution in [3.63, 3.8) is 0 Å². The molecule has 10 nitrogen and oxygen atoms in total. The first-order chi connectivity index (χ1) is 21.6. The maximum Gasteiger partial charge on any atom is 0.244 e. The molecule has 1 unspecified atom stereocenters. The molecule has 1 N–H and O–H groups in total. The van der Waals surface area contributed by atoms with Gasteiger partial charge in [0.05, 0.1) is 33.3 Å². The summed E-state index contributed by atoms with van der Waals surface area (Å²) in [4.78, 5) is 30.0. The van der Waals surface area contributed by atoms with E-state index < -0.39 is 28.5 Å². The van der Waals surface area contributed by atoms with E-state index >= 15 is 0 Å². The van der Waals surface area contributed by atoms with Gasteiger partial charge in [0.15, 0.2) is 0 Å². The van der Waals surface area contributed by atoms with Crippen LogP contribution in [-0.4, -0.2) is 71.3 Å². The molecule has 1 atom stereocenters. The largest absolute Gasteiger partial charge is 0.497 e. The Morgan fingerprint density at radius 3 is 2.16 bits per heavy atom. The van der Waals surface area contributed by atoms with Gasteiger partial charge >= 0.3 is 0 Å². The molecule has 0 radical (unpaired) electrons. The Morgan fingerprint density at radius 2 is 1.51 bits per heavy atom. The average molecular weight is 638 g/mol. The summed E-state index contributed by atoms with van der Waals surface area (Å²) in [5, 5.41) is 3.21. The van der Waals surface area contributed by atoms with E-state index in [-0.39, 0.29) is 36.4 Å². The number of carbonyl (C=O) groups is 2. The van der Waals surface area contributed by atoms with Gasteiger partial charge in [0.25, 0.3) is 0 Å². The summed E-state index contributed by atoms with van der Waals surface area (Å²) in [5.74, 6) is 0.489. The Bertz CT molecular complexity index is 1540. The van der Waals surface area contributed by atoms with Crippen molar-refractivity contribution in [1.29, 1.82) is 0 Å². The topological polar surface area (TPSA) is 114 Å². The molecule has 3 aromatic rings. The Morgan fingerprint density at radius 1 is 0.844 bits per heavy atom. The van der Waals surface area contributed by atoms with Crippen molar-refractivity contribution in [1.82, 2.24) is 10.2 Å². The number of rotatable bonds is 14. The molecule has 2 amide bonds. The number of anilines is 1. The number of carbonyl (C=O) groups excluding carboxylic acids is 2. The fourth-order valence-corrected chi connectivity index (χ4v) is 6.50. The van der Waals surface area contributed by atoms with Gasteiger partial charge in [-0.2, -0.15) is 0 Å². The molecular weight excluding hydrogens is 594 g/mol. The van der Waals surface area contributed by atoms with E-state index in [4.69, 9.17) is 14.2 Å². The molecule has 1 aliphatic carbocycles. The molecule has 45 heavy (non-hydrogen) atoms. The van der Waals surface area contributed by atoms with Gasteiger partial charge in [0, 0.05) is 25.1 Å². The zero-order chi connectivity index (χ0) is 32.4. The van der Waals surface area contributed by atoms with Crippen LogP contribution in [-0.2, 0) is 32.6 Å². The van der Waals surface area contributed by atoms with Gasteiger partial charge in [-0.05, 0) is 48.2 Å². The quantitative estimate of drug-likeness (QED) is 0.276. The summed E-state index contributed by atoms with van der Waals surface area (Å²) in [6.45, 7) is -0.490. The smallest absolute Gasteiger partial charge is 0.244 e. The van der Waals surface area contributed by atoms with Crippen LogP contribution in [0.5, 0.6) is 17.2 Å². The highest BCUT2D eigenvalue weighted by Gasteiger charge is 2.34. The third-order valence-electron chi connectivity index (χ3n) is 8.04. The Kier molecular flexibility index (Phi) is 11.7. The highest BCUT2D eigenvalue weighted by molar-refractivity contribution is 7.92. The SMILES string of the molecule is COc1cccc(CN(C(=O)CN(c2ccc(OC)cc2OC)S(C)(=O)=O)C(Cc2ccccc2)C(=O)NC2CCCCC2)c1. The van der Waals surface area contributed by atoms with Crippen LogP contribution < -0.4 is 23.8 Å². The molecule has 0 bridgehead atoms. The number of ether oxygens (including phenoxy) is 3. The fraction of sp³-hybridized carbons (Fsp3) is 0.412. The van der Waals surface area contributed by atoms with Crippen molar-refractivity contribution in [2.24, 2.45) is 0 Å². The van der Waals surface area contributed by atoms with Crippen LogP contribution >= 0.6 is 0 Å². The second-order valence-electron chi connectivity index (χ2n) is 11.2.